The number of nitrogens with one attached hydrogen (secondary N) is 1. The van der Waals surface area contributed by atoms with Crippen LogP contribution >= 0.6 is 35.2 Å². The van der Waals surface area contributed by atoms with Crippen LogP contribution in [0.3, 0.4) is 0 Å². The number of aromatic amines is 1. The fraction of sp³-hybridized carbons (Fsp3) is 0.188. The minimum atomic E-state index is -0.157. The first kappa shape index (κ1) is 18.4. The van der Waals surface area contributed by atoms with E-state index in [0.717, 1.165) is 5.82 Å². The molecule has 1 amide bonds. The van der Waals surface area contributed by atoms with Crippen LogP contribution < -0.4 is 4.90 Å². The largest absolute Gasteiger partial charge is 0.274 e. The van der Waals surface area contributed by atoms with Gasteiger partial charge >= 0.3 is 0 Å². The number of carbonyl (C=O) groups is 1. The van der Waals surface area contributed by atoms with Gasteiger partial charge in [-0.3, -0.25) is 14.8 Å². The third-order valence-electron chi connectivity index (χ3n) is 3.42. The molecule has 7 nitrogen and oxygen atoms in total. The summed E-state index contributed by atoms with van der Waals surface area (Å²) in [6.45, 7) is 3.45. The smallest absolute Gasteiger partial charge is 0.230 e. The lowest BCUT2D eigenvalue weighted by Crippen LogP contribution is -2.22. The Kier molecular flexibility index (Phi) is 5.60. The summed E-state index contributed by atoms with van der Waals surface area (Å²) < 4.78 is 1.96. The second-order valence-electron chi connectivity index (χ2n) is 5.24. The average Bonchev–Trinajstić information content (AvgIpc) is 3.19. The SMILES string of the molecule is CCc1n[nH]c(=S)n1/N=C\c1csc(N(C(C)=O)c2cccc(Cl)c2)n1. The highest BCUT2D eigenvalue weighted by molar-refractivity contribution is 7.71. The lowest BCUT2D eigenvalue weighted by atomic mass is 10.3. The Morgan fingerprint density at radius 1 is 1.54 bits per heavy atom. The topological polar surface area (TPSA) is 79.2 Å². The zero-order valence-corrected chi connectivity index (χ0v) is 16.4. The second-order valence-corrected chi connectivity index (χ2v) is 6.90. The number of aryl methyl sites for hydroxylation is 1. The first-order valence-electron chi connectivity index (χ1n) is 7.72. The van der Waals surface area contributed by atoms with Crippen molar-refractivity contribution in [2.75, 3.05) is 4.90 Å². The van der Waals surface area contributed by atoms with Crippen LogP contribution in [0.2, 0.25) is 5.02 Å². The van der Waals surface area contributed by atoms with Gasteiger partial charge in [0.2, 0.25) is 10.7 Å². The van der Waals surface area contributed by atoms with Crippen molar-refractivity contribution in [2.24, 2.45) is 5.10 Å². The van der Waals surface area contributed by atoms with Crippen LogP contribution in [0.1, 0.15) is 25.4 Å². The first-order chi connectivity index (χ1) is 12.5. The summed E-state index contributed by atoms with van der Waals surface area (Å²) in [7, 11) is 0. The molecule has 0 spiro atoms. The normalized spacial score (nSPS) is 11.2. The number of halogens is 1. The molecule has 0 saturated carbocycles. The molecule has 1 N–H and O–H groups in total. The number of aromatic nitrogens is 4. The molecule has 134 valence electrons. The molecule has 3 aromatic rings. The number of H-pyrrole nitrogens is 1. The van der Waals surface area contributed by atoms with E-state index in [1.165, 1.54) is 23.2 Å². The summed E-state index contributed by atoms with van der Waals surface area (Å²) in [5, 5.41) is 14.0. The Bertz CT molecular complexity index is 1020. The summed E-state index contributed by atoms with van der Waals surface area (Å²) >= 11 is 12.5. The maximum Gasteiger partial charge on any atom is 0.230 e. The molecule has 2 aromatic heterocycles. The molecule has 1 aromatic carbocycles. The molecule has 2 heterocycles. The minimum Gasteiger partial charge on any atom is -0.274 e. The molecular weight excluding hydrogens is 392 g/mol. The summed E-state index contributed by atoms with van der Waals surface area (Å²) in [6, 6.07) is 7.07. The predicted molar refractivity (Wildman–Crippen MR) is 106 cm³/mol. The zero-order chi connectivity index (χ0) is 18.7. The van der Waals surface area contributed by atoms with E-state index >= 15 is 0 Å². The van der Waals surface area contributed by atoms with Gasteiger partial charge in [0.25, 0.3) is 0 Å². The molecule has 3 rings (SSSR count). The lowest BCUT2D eigenvalue weighted by molar-refractivity contribution is -0.115. The molecule has 0 aliphatic heterocycles. The summed E-state index contributed by atoms with van der Waals surface area (Å²) in [5.74, 6) is 0.571. The van der Waals surface area contributed by atoms with Crippen molar-refractivity contribution in [3.63, 3.8) is 0 Å². The molecule has 0 atom stereocenters. The fourth-order valence-electron chi connectivity index (χ4n) is 2.27. The van der Waals surface area contributed by atoms with Gasteiger partial charge in [0, 0.05) is 23.7 Å². The van der Waals surface area contributed by atoms with E-state index in [2.05, 4.69) is 20.3 Å². The Morgan fingerprint density at radius 2 is 2.35 bits per heavy atom. The van der Waals surface area contributed by atoms with Gasteiger partial charge in [-0.1, -0.05) is 24.6 Å². The summed E-state index contributed by atoms with van der Waals surface area (Å²) in [5.41, 5.74) is 1.27. The van der Waals surface area contributed by atoms with Gasteiger partial charge in [-0.15, -0.1) is 11.3 Å². The quantitative estimate of drug-likeness (QED) is 0.509. The van der Waals surface area contributed by atoms with Crippen molar-refractivity contribution < 1.29 is 4.79 Å². The molecule has 0 fully saturated rings. The molecule has 26 heavy (non-hydrogen) atoms. The summed E-state index contributed by atoms with van der Waals surface area (Å²) in [4.78, 5) is 18.1. The minimum absolute atomic E-state index is 0.157. The van der Waals surface area contributed by atoms with E-state index in [9.17, 15) is 4.79 Å². The first-order valence-corrected chi connectivity index (χ1v) is 9.38. The number of amides is 1. The van der Waals surface area contributed by atoms with Crippen LogP contribution in [-0.2, 0) is 11.2 Å². The fourth-order valence-corrected chi connectivity index (χ4v) is 3.49. The Morgan fingerprint density at radius 3 is 3.04 bits per heavy atom. The molecular formula is C16H15ClN6OS2. The van der Waals surface area contributed by atoms with Crippen LogP contribution in [0.5, 0.6) is 0 Å². The molecule has 0 aliphatic carbocycles. The number of rotatable bonds is 5. The maximum absolute atomic E-state index is 12.1. The molecule has 0 unspecified atom stereocenters. The van der Waals surface area contributed by atoms with Crippen molar-refractivity contribution in [3.05, 3.63) is 51.0 Å². The highest BCUT2D eigenvalue weighted by Crippen LogP contribution is 2.30. The van der Waals surface area contributed by atoms with E-state index < -0.39 is 0 Å². The Balaban J connectivity index is 1.90. The average molecular weight is 407 g/mol. The summed E-state index contributed by atoms with van der Waals surface area (Å²) in [6.07, 6.45) is 2.28. The number of benzene rings is 1. The van der Waals surface area contributed by atoms with Gasteiger partial charge < -0.3 is 0 Å². The molecule has 0 radical (unpaired) electrons. The standard InChI is InChI=1S/C16H15ClN6OS2/c1-3-14-20-21-15(25)23(14)18-8-12-9-26-16(19-12)22(10(2)24)13-6-4-5-11(17)7-13/h4-9H,3H2,1-2H3,(H,21,25)/b18-8-. The Hall–Kier alpha value is -2.36. The molecule has 0 bridgehead atoms. The van der Waals surface area contributed by atoms with Crippen LogP contribution in [0.25, 0.3) is 0 Å². The van der Waals surface area contributed by atoms with E-state index in [0.29, 0.717) is 32.7 Å². The maximum atomic E-state index is 12.1. The van der Waals surface area contributed by atoms with E-state index in [4.69, 9.17) is 23.8 Å². The van der Waals surface area contributed by atoms with Crippen LogP contribution in [-0.4, -0.2) is 32.0 Å². The van der Waals surface area contributed by atoms with Crippen molar-refractivity contribution in [3.8, 4) is 0 Å². The third-order valence-corrected chi connectivity index (χ3v) is 4.76. The van der Waals surface area contributed by atoms with Crippen molar-refractivity contribution in [1.29, 1.82) is 0 Å². The number of hydrogen-bond acceptors (Lipinski definition) is 6. The van der Waals surface area contributed by atoms with Gasteiger partial charge in [-0.25, -0.2) is 4.98 Å². The van der Waals surface area contributed by atoms with Gasteiger partial charge in [0.15, 0.2) is 11.0 Å². The van der Waals surface area contributed by atoms with Crippen LogP contribution in [0, 0.1) is 4.77 Å². The highest BCUT2D eigenvalue weighted by Gasteiger charge is 2.18. The predicted octanol–water partition coefficient (Wildman–Crippen LogP) is 4.18. The number of anilines is 2. The second kappa shape index (κ2) is 7.90. The van der Waals surface area contributed by atoms with Crippen molar-refractivity contribution >= 4 is 58.1 Å². The van der Waals surface area contributed by atoms with Gasteiger partial charge in [-0.2, -0.15) is 14.9 Å². The van der Waals surface area contributed by atoms with Gasteiger partial charge in [0.1, 0.15) is 0 Å². The zero-order valence-electron chi connectivity index (χ0n) is 14.0. The van der Waals surface area contributed by atoms with E-state index in [-0.39, 0.29) is 5.91 Å². The monoisotopic (exact) mass is 406 g/mol. The number of hydrogen-bond donors (Lipinski definition) is 1. The van der Waals surface area contributed by atoms with E-state index in [1.807, 2.05) is 12.3 Å². The van der Waals surface area contributed by atoms with Crippen molar-refractivity contribution in [2.45, 2.75) is 20.3 Å². The number of thiazole rings is 1. The van der Waals surface area contributed by atoms with Crippen LogP contribution in [0.15, 0.2) is 34.7 Å². The third kappa shape index (κ3) is 3.90. The number of nitrogens with zero attached hydrogens (tertiary/aromatic N) is 5. The van der Waals surface area contributed by atoms with Crippen LogP contribution in [0.4, 0.5) is 10.8 Å². The Labute approximate surface area is 164 Å². The molecule has 10 heteroatoms. The van der Waals surface area contributed by atoms with E-state index in [1.54, 1.807) is 35.2 Å². The lowest BCUT2D eigenvalue weighted by Gasteiger charge is -2.18. The molecule has 0 aliphatic rings. The molecule has 0 saturated heterocycles. The van der Waals surface area contributed by atoms with Crippen molar-refractivity contribution in [1.82, 2.24) is 19.9 Å². The highest BCUT2D eigenvalue weighted by atomic mass is 35.5. The van der Waals surface area contributed by atoms with Gasteiger partial charge in [-0.05, 0) is 30.4 Å². The number of carbonyl (C=O) groups excluding carboxylic acids is 1. The van der Waals surface area contributed by atoms with Gasteiger partial charge in [0.05, 0.1) is 17.6 Å².